The van der Waals surface area contributed by atoms with Gasteiger partial charge in [-0.3, -0.25) is 4.79 Å². The Labute approximate surface area is 137 Å². The number of carbonyl (C=O) groups is 1. The van der Waals surface area contributed by atoms with E-state index in [0.717, 1.165) is 5.75 Å². The van der Waals surface area contributed by atoms with E-state index in [0.29, 0.717) is 32.6 Å². The van der Waals surface area contributed by atoms with Crippen LogP contribution in [0, 0.1) is 5.41 Å². The van der Waals surface area contributed by atoms with Crippen LogP contribution in [0.3, 0.4) is 0 Å². The lowest BCUT2D eigenvalue weighted by molar-refractivity contribution is -0.137. The third-order valence-electron chi connectivity index (χ3n) is 5.34. The van der Waals surface area contributed by atoms with Crippen LogP contribution in [0.5, 0.6) is 5.75 Å². The Kier molecular flexibility index (Phi) is 4.60. The van der Waals surface area contributed by atoms with E-state index in [9.17, 15) is 4.79 Å². The first-order valence-corrected chi connectivity index (χ1v) is 8.42. The molecule has 0 spiro atoms. The summed E-state index contributed by atoms with van der Waals surface area (Å²) in [6, 6.07) is 8.00. The standard InChI is InChI=1S/C18H26N2O3/c1-12-14-5-3-4-6-15(14)23-16(12)13(2)20-17(21)18(11-19)7-9-22-10-8-18/h3-6,12-13,16H,7-11,19H2,1-2H3,(H,20,21). The Morgan fingerprint density at radius 3 is 2.74 bits per heavy atom. The SMILES string of the molecule is CC(NC(=O)C1(CN)CCOCC1)C1Oc2ccccc2C1C. The van der Waals surface area contributed by atoms with Crippen LogP contribution in [0.4, 0.5) is 0 Å². The molecule has 2 aliphatic rings. The van der Waals surface area contributed by atoms with Crippen molar-refractivity contribution in [3.8, 4) is 5.75 Å². The van der Waals surface area contributed by atoms with E-state index in [4.69, 9.17) is 15.2 Å². The van der Waals surface area contributed by atoms with Crippen LogP contribution in [0.1, 0.15) is 38.2 Å². The highest BCUT2D eigenvalue weighted by Gasteiger charge is 2.42. The van der Waals surface area contributed by atoms with Gasteiger partial charge < -0.3 is 20.5 Å². The molecule has 0 saturated carbocycles. The summed E-state index contributed by atoms with van der Waals surface area (Å²) in [4.78, 5) is 12.8. The van der Waals surface area contributed by atoms with Crippen molar-refractivity contribution in [3.05, 3.63) is 29.8 Å². The van der Waals surface area contributed by atoms with Gasteiger partial charge in [-0.25, -0.2) is 0 Å². The fourth-order valence-electron chi connectivity index (χ4n) is 3.65. The van der Waals surface area contributed by atoms with E-state index in [1.807, 2.05) is 25.1 Å². The average molecular weight is 318 g/mol. The van der Waals surface area contributed by atoms with Gasteiger partial charge in [0.15, 0.2) is 0 Å². The number of nitrogens with two attached hydrogens (primary N) is 1. The minimum absolute atomic E-state index is 0.0301. The Hall–Kier alpha value is -1.59. The van der Waals surface area contributed by atoms with E-state index < -0.39 is 5.41 Å². The molecule has 3 rings (SSSR count). The van der Waals surface area contributed by atoms with Gasteiger partial charge in [0.05, 0.1) is 11.5 Å². The lowest BCUT2D eigenvalue weighted by Gasteiger charge is -2.36. The summed E-state index contributed by atoms with van der Waals surface area (Å²) in [6.45, 7) is 5.71. The average Bonchev–Trinajstić information content (AvgIpc) is 2.93. The van der Waals surface area contributed by atoms with Crippen molar-refractivity contribution in [3.63, 3.8) is 0 Å². The predicted molar refractivity (Wildman–Crippen MR) is 88.4 cm³/mol. The highest BCUT2D eigenvalue weighted by molar-refractivity contribution is 5.83. The number of hydrogen-bond acceptors (Lipinski definition) is 4. The zero-order valence-electron chi connectivity index (χ0n) is 13.9. The largest absolute Gasteiger partial charge is 0.487 e. The molecule has 0 aliphatic carbocycles. The van der Waals surface area contributed by atoms with Crippen molar-refractivity contribution in [2.45, 2.75) is 44.8 Å². The third kappa shape index (κ3) is 2.95. The number of benzene rings is 1. The van der Waals surface area contributed by atoms with E-state index in [1.54, 1.807) is 0 Å². The van der Waals surface area contributed by atoms with Crippen molar-refractivity contribution >= 4 is 5.91 Å². The summed E-state index contributed by atoms with van der Waals surface area (Å²) in [6.07, 6.45) is 1.32. The maximum atomic E-state index is 12.8. The van der Waals surface area contributed by atoms with Crippen molar-refractivity contribution in [2.75, 3.05) is 19.8 Å². The summed E-state index contributed by atoms with van der Waals surface area (Å²) in [5.41, 5.74) is 6.62. The maximum absolute atomic E-state index is 12.8. The first-order chi connectivity index (χ1) is 11.1. The molecule has 3 unspecified atom stereocenters. The normalized spacial score (nSPS) is 26.9. The van der Waals surface area contributed by atoms with E-state index in [1.165, 1.54) is 5.56 Å². The van der Waals surface area contributed by atoms with Gasteiger partial charge in [0.2, 0.25) is 5.91 Å². The summed E-state index contributed by atoms with van der Waals surface area (Å²) >= 11 is 0. The number of rotatable bonds is 4. The number of para-hydroxylation sites is 1. The molecule has 0 aromatic heterocycles. The second kappa shape index (κ2) is 6.49. The Morgan fingerprint density at radius 1 is 1.39 bits per heavy atom. The fourth-order valence-corrected chi connectivity index (χ4v) is 3.65. The Bertz CT molecular complexity index is 569. The molecular formula is C18H26N2O3. The van der Waals surface area contributed by atoms with Crippen LogP contribution in [0.25, 0.3) is 0 Å². The molecule has 1 fully saturated rings. The van der Waals surface area contributed by atoms with Gasteiger partial charge in [0.1, 0.15) is 11.9 Å². The van der Waals surface area contributed by atoms with Gasteiger partial charge in [-0.05, 0) is 25.8 Å². The highest BCUT2D eigenvalue weighted by Crippen LogP contribution is 2.39. The molecule has 0 bridgehead atoms. The summed E-state index contributed by atoms with van der Waals surface area (Å²) in [5, 5.41) is 3.15. The first kappa shape index (κ1) is 16.3. The molecule has 2 aliphatic heterocycles. The van der Waals surface area contributed by atoms with Crippen LogP contribution in [0.2, 0.25) is 0 Å². The number of amides is 1. The molecule has 2 heterocycles. The number of carbonyl (C=O) groups excluding carboxylic acids is 1. The van der Waals surface area contributed by atoms with Gasteiger partial charge in [-0.2, -0.15) is 0 Å². The Morgan fingerprint density at radius 2 is 2.09 bits per heavy atom. The summed E-state index contributed by atoms with van der Waals surface area (Å²) in [7, 11) is 0. The monoisotopic (exact) mass is 318 g/mol. The molecule has 126 valence electrons. The smallest absolute Gasteiger partial charge is 0.228 e. The lowest BCUT2D eigenvalue weighted by atomic mass is 9.79. The topological polar surface area (TPSA) is 73.6 Å². The molecule has 1 saturated heterocycles. The van der Waals surface area contributed by atoms with Crippen molar-refractivity contribution in [2.24, 2.45) is 11.1 Å². The van der Waals surface area contributed by atoms with Gasteiger partial charge in [-0.15, -0.1) is 0 Å². The van der Waals surface area contributed by atoms with Crippen LogP contribution < -0.4 is 15.8 Å². The molecule has 0 radical (unpaired) electrons. The molecule has 3 N–H and O–H groups in total. The minimum atomic E-state index is -0.499. The summed E-state index contributed by atoms with van der Waals surface area (Å²) < 4.78 is 11.4. The zero-order valence-corrected chi connectivity index (χ0v) is 13.9. The Balaban J connectivity index is 1.68. The second-order valence-electron chi connectivity index (χ2n) is 6.77. The molecule has 3 atom stereocenters. The van der Waals surface area contributed by atoms with E-state index in [2.05, 4.69) is 18.3 Å². The van der Waals surface area contributed by atoms with Crippen molar-refractivity contribution < 1.29 is 14.3 Å². The molecule has 1 aromatic rings. The van der Waals surface area contributed by atoms with Crippen molar-refractivity contribution in [1.29, 1.82) is 0 Å². The van der Waals surface area contributed by atoms with Crippen LogP contribution in [-0.2, 0) is 9.53 Å². The quantitative estimate of drug-likeness (QED) is 0.888. The number of fused-ring (bicyclic) bond motifs is 1. The molecule has 1 amide bonds. The highest BCUT2D eigenvalue weighted by atomic mass is 16.5. The first-order valence-electron chi connectivity index (χ1n) is 8.42. The van der Waals surface area contributed by atoms with Gasteiger partial charge in [0, 0.05) is 31.2 Å². The van der Waals surface area contributed by atoms with Crippen molar-refractivity contribution in [1.82, 2.24) is 5.32 Å². The van der Waals surface area contributed by atoms with Crippen LogP contribution in [0.15, 0.2) is 24.3 Å². The summed E-state index contributed by atoms with van der Waals surface area (Å²) in [5.74, 6) is 1.21. The van der Waals surface area contributed by atoms with Crippen LogP contribution >= 0.6 is 0 Å². The molecule has 5 nitrogen and oxygen atoms in total. The third-order valence-corrected chi connectivity index (χ3v) is 5.34. The molecule has 23 heavy (non-hydrogen) atoms. The predicted octanol–water partition coefficient (Wildman–Crippen LogP) is 1.81. The molecular weight excluding hydrogens is 292 g/mol. The van der Waals surface area contributed by atoms with Gasteiger partial charge in [-0.1, -0.05) is 25.1 Å². The number of hydrogen-bond donors (Lipinski definition) is 2. The fraction of sp³-hybridized carbons (Fsp3) is 0.611. The molecule has 1 aromatic carbocycles. The van der Waals surface area contributed by atoms with Crippen LogP contribution in [-0.4, -0.2) is 37.8 Å². The second-order valence-corrected chi connectivity index (χ2v) is 6.77. The number of ether oxygens (including phenoxy) is 2. The maximum Gasteiger partial charge on any atom is 0.228 e. The lowest BCUT2D eigenvalue weighted by Crippen LogP contribution is -2.54. The van der Waals surface area contributed by atoms with E-state index >= 15 is 0 Å². The van der Waals surface area contributed by atoms with Gasteiger partial charge >= 0.3 is 0 Å². The molecule has 5 heteroatoms. The minimum Gasteiger partial charge on any atom is -0.487 e. The van der Waals surface area contributed by atoms with E-state index in [-0.39, 0.29) is 24.0 Å². The zero-order chi connectivity index (χ0) is 16.4. The van der Waals surface area contributed by atoms with Gasteiger partial charge in [0.25, 0.3) is 0 Å². The number of nitrogens with one attached hydrogen (secondary N) is 1.